The Morgan fingerprint density at radius 2 is 1.33 bits per heavy atom. The van der Waals surface area contributed by atoms with Gasteiger partial charge in [0.2, 0.25) is 0 Å². The summed E-state index contributed by atoms with van der Waals surface area (Å²) in [6.07, 6.45) is 10.0. The molecule has 0 saturated heterocycles. The molecule has 1 aliphatic rings. The Morgan fingerprint density at radius 1 is 1.00 bits per heavy atom. The normalized spacial score (nSPS) is 7.07. The third kappa shape index (κ3) is 69.2. The molecule has 0 heterocycles. The molecular weight excluding hydrogens is 322 g/mol. The Morgan fingerprint density at radius 3 is 1.40 bits per heavy atom. The summed E-state index contributed by atoms with van der Waals surface area (Å²) in [4.78, 5) is 0. The van der Waals surface area contributed by atoms with Crippen molar-refractivity contribution >= 4 is 34.3 Å². The average molecular weight is 349 g/mol. The maximum atomic E-state index is 2.99. The summed E-state index contributed by atoms with van der Waals surface area (Å²) in [5.41, 5.74) is 0. The fourth-order valence-corrected chi connectivity index (χ4v) is 0.340. The van der Waals surface area contributed by atoms with Gasteiger partial charge in [0.15, 0.2) is 0 Å². The van der Waals surface area contributed by atoms with Gasteiger partial charge in [-0.05, 0) is 0 Å². The predicted octanol–water partition coefficient (Wildman–Crippen LogP) is 4.47. The molecular formula is C11H26Cl2SiZr-5. The van der Waals surface area contributed by atoms with E-state index in [-0.39, 0.29) is 80.7 Å². The number of halogens is 2. The van der Waals surface area contributed by atoms with Crippen LogP contribution in [0.4, 0.5) is 0 Å². The van der Waals surface area contributed by atoms with E-state index < -0.39 is 0 Å². The van der Waals surface area contributed by atoms with Crippen LogP contribution in [-0.2, 0) is 26.2 Å². The monoisotopic (exact) mass is 346 g/mol. The Hall–Kier alpha value is 1.16. The second-order valence-corrected chi connectivity index (χ2v) is 2.74. The van der Waals surface area contributed by atoms with Gasteiger partial charge in [-0.25, -0.2) is 12.2 Å². The molecule has 0 amide bonds. The number of allylic oxidation sites excluding steroid dienone is 4. The smallest absolute Gasteiger partial charge is 0.0213 e. The summed E-state index contributed by atoms with van der Waals surface area (Å²) in [6.45, 7) is 4.42. The van der Waals surface area contributed by atoms with Crippen LogP contribution in [-0.4, -0.2) is 9.52 Å². The van der Waals surface area contributed by atoms with E-state index in [1.165, 1.54) is 0 Å². The van der Waals surface area contributed by atoms with Crippen LogP contribution in [0.15, 0.2) is 18.2 Å². The quantitative estimate of drug-likeness (QED) is 0.448. The second-order valence-electron chi connectivity index (χ2n) is 1.58. The van der Waals surface area contributed by atoms with Crippen LogP contribution in [0.2, 0.25) is 13.1 Å². The van der Waals surface area contributed by atoms with Gasteiger partial charge in [-0.2, -0.15) is 6.08 Å². The Bertz CT molecular complexity index is 86.6. The predicted molar refractivity (Wildman–Crippen MR) is 80.6 cm³/mol. The molecule has 1 radical (unpaired) electrons. The summed E-state index contributed by atoms with van der Waals surface area (Å²) in [5.74, 6) is 0. The van der Waals surface area contributed by atoms with Gasteiger partial charge in [0.25, 0.3) is 0 Å². The summed E-state index contributed by atoms with van der Waals surface area (Å²) >= 11 is 0. The third-order valence-electron chi connectivity index (χ3n) is 0.586. The zero-order valence-electron chi connectivity index (χ0n) is 10.8. The van der Waals surface area contributed by atoms with E-state index in [0.29, 0.717) is 0 Å². The van der Waals surface area contributed by atoms with E-state index >= 15 is 0 Å². The molecule has 0 aliphatic heterocycles. The van der Waals surface area contributed by atoms with Crippen LogP contribution in [0, 0.1) is 35.8 Å². The standard InChI is InChI=1S/C5H5.C2H7Si.4CH3.2ClH.Zr/c1-2-4-5-3-1;1-3-2;;;;;;;/h1-3H,4H2;3H,1-2H3;4*1H3;2*1H;/q-1;;4*-1;;;. The minimum atomic E-state index is 0. The first-order valence-electron chi connectivity index (χ1n) is 2.87. The molecule has 1 rings (SSSR count). The summed E-state index contributed by atoms with van der Waals surface area (Å²) in [6, 6.07) is 0. The van der Waals surface area contributed by atoms with Crippen molar-refractivity contribution in [1.29, 1.82) is 0 Å². The molecule has 0 unspecified atom stereocenters. The zero-order chi connectivity index (χ0) is 6.24. The van der Waals surface area contributed by atoms with Crippen molar-refractivity contribution in [3.63, 3.8) is 0 Å². The van der Waals surface area contributed by atoms with Gasteiger partial charge >= 0.3 is 0 Å². The van der Waals surface area contributed by atoms with Crippen LogP contribution >= 0.6 is 24.8 Å². The van der Waals surface area contributed by atoms with Gasteiger partial charge in [-0.3, -0.25) is 6.08 Å². The Kier molecular flexibility index (Phi) is 220. The molecule has 0 spiro atoms. The molecule has 0 atom stereocenters. The van der Waals surface area contributed by atoms with Crippen LogP contribution in [0.1, 0.15) is 6.42 Å². The van der Waals surface area contributed by atoms with E-state index in [1.807, 2.05) is 12.2 Å². The molecule has 0 bridgehead atoms. The maximum Gasteiger partial charge on any atom is 0.0213 e. The van der Waals surface area contributed by atoms with Crippen molar-refractivity contribution in [3.8, 4) is 0 Å². The van der Waals surface area contributed by atoms with E-state index in [2.05, 4.69) is 25.2 Å². The zero-order valence-corrected chi connectivity index (χ0v) is 16.1. The van der Waals surface area contributed by atoms with Gasteiger partial charge in [-0.1, -0.05) is 13.1 Å². The SMILES string of the molecule is C[SiH]C.Cl.Cl.[C-]1=CC=CC1.[CH3-].[CH3-].[CH3-].[CH3-].[Zr]. The summed E-state index contributed by atoms with van der Waals surface area (Å²) in [7, 11) is 0.750. The fourth-order valence-electron chi connectivity index (χ4n) is 0.340. The first-order chi connectivity index (χ1) is 3.91. The van der Waals surface area contributed by atoms with Crippen molar-refractivity contribution in [2.45, 2.75) is 19.5 Å². The molecule has 15 heavy (non-hydrogen) atoms. The third-order valence-corrected chi connectivity index (χ3v) is 0.586. The van der Waals surface area contributed by atoms with Crippen LogP contribution in [0.3, 0.4) is 0 Å². The van der Waals surface area contributed by atoms with Crippen LogP contribution in [0.5, 0.6) is 0 Å². The van der Waals surface area contributed by atoms with Crippen molar-refractivity contribution in [2.75, 3.05) is 0 Å². The molecule has 4 heteroatoms. The van der Waals surface area contributed by atoms with E-state index in [0.717, 1.165) is 15.9 Å². The molecule has 1 aliphatic carbocycles. The number of rotatable bonds is 0. The topological polar surface area (TPSA) is 0 Å². The maximum absolute atomic E-state index is 2.99. The van der Waals surface area contributed by atoms with Gasteiger partial charge in [0.05, 0.1) is 0 Å². The summed E-state index contributed by atoms with van der Waals surface area (Å²) in [5, 5.41) is 0. The number of hydrogen-bond donors (Lipinski definition) is 0. The Labute approximate surface area is 133 Å². The van der Waals surface area contributed by atoms with Crippen molar-refractivity contribution in [3.05, 3.63) is 54.0 Å². The van der Waals surface area contributed by atoms with Crippen LogP contribution < -0.4 is 0 Å². The number of hydrogen-bond acceptors (Lipinski definition) is 0. The van der Waals surface area contributed by atoms with E-state index in [4.69, 9.17) is 0 Å². The van der Waals surface area contributed by atoms with Crippen molar-refractivity contribution in [2.24, 2.45) is 0 Å². The van der Waals surface area contributed by atoms with Crippen molar-refractivity contribution < 1.29 is 26.2 Å². The Balaban J connectivity index is -0.00000000778. The van der Waals surface area contributed by atoms with Gasteiger partial charge < -0.3 is 29.7 Å². The molecule has 0 fully saturated rings. The van der Waals surface area contributed by atoms with Crippen LogP contribution in [0.25, 0.3) is 0 Å². The minimum Gasteiger partial charge on any atom is -0.358 e. The minimum absolute atomic E-state index is 0. The largest absolute Gasteiger partial charge is 0.358 e. The van der Waals surface area contributed by atoms with E-state index in [9.17, 15) is 0 Å². The summed E-state index contributed by atoms with van der Waals surface area (Å²) < 4.78 is 0. The first kappa shape index (κ1) is 55.8. The molecule has 0 N–H and O–H groups in total. The van der Waals surface area contributed by atoms with Gasteiger partial charge in [0.1, 0.15) is 0 Å². The molecule has 97 valence electrons. The van der Waals surface area contributed by atoms with E-state index in [1.54, 1.807) is 0 Å². The fraction of sp³-hybridized carbons (Fsp3) is 0.273. The molecule has 0 nitrogen and oxygen atoms in total. The molecule has 0 aromatic rings. The molecule has 0 saturated carbocycles. The second kappa shape index (κ2) is 59.3. The first-order valence-corrected chi connectivity index (χ1v) is 5.18. The van der Waals surface area contributed by atoms with Gasteiger partial charge in [0, 0.05) is 35.7 Å². The van der Waals surface area contributed by atoms with Crippen molar-refractivity contribution in [1.82, 2.24) is 0 Å². The average Bonchev–Trinajstić information content (AvgIpc) is 2.17. The van der Waals surface area contributed by atoms with Gasteiger partial charge in [-0.15, -0.1) is 31.2 Å². The molecule has 0 aromatic heterocycles. The molecule has 0 aromatic carbocycles.